The van der Waals surface area contributed by atoms with Crippen LogP contribution in [0.2, 0.25) is 0 Å². The van der Waals surface area contributed by atoms with E-state index < -0.39 is 43.5 Å². The van der Waals surface area contributed by atoms with Crippen LogP contribution in [0.4, 0.5) is 20.3 Å². The number of hydrogen-bond donors (Lipinski definition) is 5. The van der Waals surface area contributed by atoms with E-state index in [1.807, 2.05) is 0 Å². The summed E-state index contributed by atoms with van der Waals surface area (Å²) in [5.74, 6) is 0.0177. The number of aliphatic hydroxyl groups is 4. The molecule has 0 aliphatic carbocycles. The van der Waals surface area contributed by atoms with Gasteiger partial charge in [-0.25, -0.2) is 18.7 Å². The fourth-order valence-corrected chi connectivity index (χ4v) is 3.03. The van der Waals surface area contributed by atoms with Crippen molar-refractivity contribution in [1.29, 1.82) is 0 Å². The van der Waals surface area contributed by atoms with Gasteiger partial charge in [-0.3, -0.25) is 0 Å². The summed E-state index contributed by atoms with van der Waals surface area (Å²) in [6.07, 6.45) is -6.13. The lowest BCUT2D eigenvalue weighted by Crippen LogP contribution is -2.48. The van der Waals surface area contributed by atoms with Gasteiger partial charge in [0.15, 0.2) is 23.8 Å². The summed E-state index contributed by atoms with van der Waals surface area (Å²) in [5.41, 5.74) is 0.564. The van der Waals surface area contributed by atoms with Crippen molar-refractivity contribution in [3.05, 3.63) is 48.5 Å². The smallest absolute Gasteiger partial charge is 0.164 e. The van der Waals surface area contributed by atoms with E-state index in [0.29, 0.717) is 16.7 Å². The molecule has 12 heteroatoms. The Hall–Kier alpha value is -3.16. The van der Waals surface area contributed by atoms with Gasteiger partial charge >= 0.3 is 0 Å². The Labute approximate surface area is 187 Å². The molecule has 0 radical (unpaired) electrons. The Bertz CT molecular complexity index is 1060. The molecule has 0 amide bonds. The summed E-state index contributed by atoms with van der Waals surface area (Å²) < 4.78 is 38.5. The Balaban J connectivity index is 0.00000385. The molecule has 0 aliphatic heterocycles. The van der Waals surface area contributed by atoms with Crippen LogP contribution in [0, 0.1) is 5.82 Å². The molecule has 0 bridgehead atoms. The predicted molar refractivity (Wildman–Crippen MR) is 115 cm³/mol. The first kappa shape index (κ1) is 26.1. The van der Waals surface area contributed by atoms with Crippen molar-refractivity contribution in [2.45, 2.75) is 24.5 Å². The van der Waals surface area contributed by atoms with Gasteiger partial charge < -0.3 is 40.7 Å². The number of anilines is 2. The highest BCUT2D eigenvalue weighted by Crippen LogP contribution is 2.36. The average molecular weight is 469 g/mol. The van der Waals surface area contributed by atoms with Crippen molar-refractivity contribution in [1.82, 2.24) is 9.97 Å². The van der Waals surface area contributed by atoms with Crippen molar-refractivity contribution in [3.63, 3.8) is 0 Å². The second-order valence-electron chi connectivity index (χ2n) is 6.87. The molecule has 10 nitrogen and oxygen atoms in total. The van der Waals surface area contributed by atoms with Crippen molar-refractivity contribution in [3.8, 4) is 11.5 Å². The summed E-state index contributed by atoms with van der Waals surface area (Å²) in [5, 5.41) is 41.7. The molecule has 2 aromatic carbocycles. The minimum Gasteiger partial charge on any atom is -0.493 e. The summed E-state index contributed by atoms with van der Waals surface area (Å²) in [6.45, 7) is -1.77. The molecule has 3 aromatic rings. The lowest BCUT2D eigenvalue weighted by molar-refractivity contribution is -0.0981. The number of benzene rings is 2. The van der Waals surface area contributed by atoms with Crippen LogP contribution < -0.4 is 14.8 Å². The summed E-state index contributed by atoms with van der Waals surface area (Å²) in [6, 6.07) is 9.00. The van der Waals surface area contributed by atoms with E-state index in [4.69, 9.17) is 14.6 Å². The normalized spacial score (nSPS) is 14.6. The third-order valence-electron chi connectivity index (χ3n) is 4.78. The van der Waals surface area contributed by atoms with E-state index in [0.717, 1.165) is 0 Å². The SMILES string of the molecule is COc1cc2c(Nc3ccccc3F)ncnc2cc1O[C@H](CO)[C@H](O)[C@@H](O)[C@H](F)CO.O. The molecule has 4 atom stereocenters. The van der Waals surface area contributed by atoms with Crippen LogP contribution in [0.5, 0.6) is 11.5 Å². The third-order valence-corrected chi connectivity index (χ3v) is 4.78. The van der Waals surface area contributed by atoms with Gasteiger partial charge in [0.05, 0.1) is 31.5 Å². The van der Waals surface area contributed by atoms with E-state index in [-0.39, 0.29) is 22.7 Å². The van der Waals surface area contributed by atoms with Crippen LogP contribution in [0.25, 0.3) is 10.9 Å². The molecule has 7 N–H and O–H groups in total. The van der Waals surface area contributed by atoms with E-state index >= 15 is 0 Å². The molecule has 1 aromatic heterocycles. The number of aliphatic hydroxyl groups excluding tert-OH is 4. The largest absolute Gasteiger partial charge is 0.493 e. The minimum absolute atomic E-state index is 0. The van der Waals surface area contributed by atoms with E-state index in [2.05, 4.69) is 15.3 Å². The molecule has 0 saturated heterocycles. The van der Waals surface area contributed by atoms with Crippen molar-refractivity contribution in [2.24, 2.45) is 0 Å². The quantitative estimate of drug-likeness (QED) is 0.284. The van der Waals surface area contributed by atoms with Gasteiger partial charge in [0.25, 0.3) is 0 Å². The number of nitrogens with zero attached hydrogens (tertiary/aromatic N) is 2. The number of nitrogens with one attached hydrogen (secondary N) is 1. The van der Waals surface area contributed by atoms with Gasteiger partial charge in [0.1, 0.15) is 30.2 Å². The van der Waals surface area contributed by atoms with Gasteiger partial charge in [-0.15, -0.1) is 0 Å². The molecule has 1 heterocycles. The van der Waals surface area contributed by atoms with E-state index in [1.54, 1.807) is 18.2 Å². The maximum atomic E-state index is 14.0. The van der Waals surface area contributed by atoms with Gasteiger partial charge in [-0.05, 0) is 18.2 Å². The number of hydrogen-bond acceptors (Lipinski definition) is 9. The standard InChI is InChI=1S/C21H23F2N3O6.H2O/c1-31-16-6-11-15(24-10-25-21(11)26-14-5-3-2-4-12(14)22)7-17(16)32-18(9-28)20(30)19(29)13(23)8-27;/h2-7,10,13,18-20,27-30H,8-9H2,1H3,(H,24,25,26);1H2/t13-,18-,19+,20+;/m1./s1. The van der Waals surface area contributed by atoms with E-state index in [1.165, 1.54) is 31.6 Å². The molecule has 180 valence electrons. The highest BCUT2D eigenvalue weighted by Gasteiger charge is 2.34. The number of para-hydroxylation sites is 1. The lowest BCUT2D eigenvalue weighted by atomic mass is 10.0. The Morgan fingerprint density at radius 3 is 2.39 bits per heavy atom. The molecule has 33 heavy (non-hydrogen) atoms. The number of halogens is 2. The van der Waals surface area contributed by atoms with Gasteiger partial charge in [-0.1, -0.05) is 12.1 Å². The Morgan fingerprint density at radius 2 is 1.76 bits per heavy atom. The number of aromatic nitrogens is 2. The summed E-state index contributed by atoms with van der Waals surface area (Å²) >= 11 is 0. The fraction of sp³-hybridized carbons (Fsp3) is 0.333. The minimum atomic E-state index is -2.12. The zero-order valence-electron chi connectivity index (χ0n) is 17.5. The lowest BCUT2D eigenvalue weighted by Gasteiger charge is -2.28. The number of ether oxygens (including phenoxy) is 2. The first-order valence-corrected chi connectivity index (χ1v) is 9.62. The third kappa shape index (κ3) is 5.80. The molecular formula is C21H25F2N3O7. The zero-order valence-corrected chi connectivity index (χ0v) is 17.5. The molecule has 0 unspecified atom stereocenters. The first-order chi connectivity index (χ1) is 15.4. The van der Waals surface area contributed by atoms with Crippen molar-refractivity contribution >= 4 is 22.4 Å². The Morgan fingerprint density at radius 1 is 1.03 bits per heavy atom. The summed E-state index contributed by atoms with van der Waals surface area (Å²) in [4.78, 5) is 8.29. The zero-order chi connectivity index (χ0) is 23.3. The molecule has 3 rings (SSSR count). The number of methoxy groups -OCH3 is 1. The van der Waals surface area contributed by atoms with Gasteiger partial charge in [-0.2, -0.15) is 0 Å². The molecule has 0 aliphatic rings. The molecular weight excluding hydrogens is 444 g/mol. The highest BCUT2D eigenvalue weighted by molar-refractivity contribution is 5.93. The number of fused-ring (bicyclic) bond motifs is 1. The maximum Gasteiger partial charge on any atom is 0.164 e. The van der Waals surface area contributed by atoms with Gasteiger partial charge in [0, 0.05) is 11.5 Å². The average Bonchev–Trinajstić information content (AvgIpc) is 2.82. The fourth-order valence-electron chi connectivity index (χ4n) is 3.03. The molecule has 0 spiro atoms. The maximum absolute atomic E-state index is 14.0. The van der Waals surface area contributed by atoms with Crippen LogP contribution in [-0.4, -0.2) is 80.7 Å². The topological polar surface area (TPSA) is 169 Å². The van der Waals surface area contributed by atoms with Crippen LogP contribution in [0.1, 0.15) is 0 Å². The summed E-state index contributed by atoms with van der Waals surface area (Å²) in [7, 11) is 1.35. The van der Waals surface area contributed by atoms with Crippen molar-refractivity contribution in [2.75, 3.05) is 25.6 Å². The monoisotopic (exact) mass is 469 g/mol. The number of rotatable bonds is 10. The van der Waals surface area contributed by atoms with Crippen molar-refractivity contribution < 1.29 is 44.2 Å². The Kier molecular flexibility index (Phi) is 9.20. The van der Waals surface area contributed by atoms with Crippen LogP contribution >= 0.6 is 0 Å². The highest BCUT2D eigenvalue weighted by atomic mass is 19.1. The molecule has 0 fully saturated rings. The number of alkyl halides is 1. The van der Waals surface area contributed by atoms with Crippen LogP contribution in [-0.2, 0) is 0 Å². The second kappa shape index (κ2) is 11.6. The van der Waals surface area contributed by atoms with Gasteiger partial charge in [0.2, 0.25) is 0 Å². The van der Waals surface area contributed by atoms with Crippen LogP contribution in [0.15, 0.2) is 42.7 Å². The van der Waals surface area contributed by atoms with Crippen LogP contribution in [0.3, 0.4) is 0 Å². The van der Waals surface area contributed by atoms with E-state index in [9.17, 15) is 24.1 Å². The molecule has 0 saturated carbocycles. The second-order valence-corrected chi connectivity index (χ2v) is 6.87. The first-order valence-electron chi connectivity index (χ1n) is 9.62. The predicted octanol–water partition coefficient (Wildman–Crippen LogP) is 0.488.